The third-order valence-corrected chi connectivity index (χ3v) is 4.20. The topological polar surface area (TPSA) is 37.3 Å². The van der Waals surface area contributed by atoms with Gasteiger partial charge in [-0.15, -0.1) is 0 Å². The Morgan fingerprint density at radius 2 is 1.80 bits per heavy atom. The van der Waals surface area contributed by atoms with E-state index in [0.29, 0.717) is 23.4 Å². The van der Waals surface area contributed by atoms with E-state index >= 15 is 0 Å². The number of carbonyl (C=O) groups excluding carboxylic acids is 1. The molecule has 0 heterocycles. The molecule has 0 aromatic heterocycles. The summed E-state index contributed by atoms with van der Waals surface area (Å²) in [5, 5.41) is 11.2. The van der Waals surface area contributed by atoms with E-state index in [1.165, 1.54) is 0 Å². The van der Waals surface area contributed by atoms with E-state index in [1.807, 2.05) is 42.5 Å². The molecular formula is C17H15ClO2. The van der Waals surface area contributed by atoms with Crippen molar-refractivity contribution < 1.29 is 9.90 Å². The van der Waals surface area contributed by atoms with Crippen molar-refractivity contribution in [3.05, 3.63) is 70.7 Å². The van der Waals surface area contributed by atoms with Crippen molar-refractivity contribution in [2.24, 2.45) is 5.92 Å². The van der Waals surface area contributed by atoms with Crippen molar-refractivity contribution in [2.75, 3.05) is 0 Å². The Morgan fingerprint density at radius 3 is 2.45 bits per heavy atom. The van der Waals surface area contributed by atoms with Gasteiger partial charge in [0.1, 0.15) is 0 Å². The summed E-state index contributed by atoms with van der Waals surface area (Å²) >= 11 is 5.85. The highest BCUT2D eigenvalue weighted by molar-refractivity contribution is 6.30. The van der Waals surface area contributed by atoms with Crippen LogP contribution in [0.4, 0.5) is 0 Å². The zero-order valence-corrected chi connectivity index (χ0v) is 11.7. The third kappa shape index (κ3) is 2.49. The minimum atomic E-state index is -0.866. The van der Waals surface area contributed by atoms with Gasteiger partial charge in [-0.25, -0.2) is 0 Å². The molecule has 0 aliphatic heterocycles. The van der Waals surface area contributed by atoms with Crippen molar-refractivity contribution in [3.8, 4) is 0 Å². The van der Waals surface area contributed by atoms with Gasteiger partial charge in [0.05, 0.1) is 5.60 Å². The third-order valence-electron chi connectivity index (χ3n) is 3.94. The van der Waals surface area contributed by atoms with E-state index < -0.39 is 5.60 Å². The van der Waals surface area contributed by atoms with Gasteiger partial charge in [0.15, 0.2) is 5.78 Å². The molecule has 0 spiro atoms. The summed E-state index contributed by atoms with van der Waals surface area (Å²) in [7, 11) is 0. The molecule has 1 saturated carbocycles. The Morgan fingerprint density at radius 1 is 1.15 bits per heavy atom. The molecule has 0 radical (unpaired) electrons. The van der Waals surface area contributed by atoms with Gasteiger partial charge >= 0.3 is 0 Å². The largest absolute Gasteiger partial charge is 0.385 e. The molecule has 20 heavy (non-hydrogen) atoms. The molecule has 0 bridgehead atoms. The lowest BCUT2D eigenvalue weighted by Gasteiger charge is -2.11. The predicted molar refractivity (Wildman–Crippen MR) is 78.8 cm³/mol. The smallest absolute Gasteiger partial charge is 0.163 e. The first-order valence-electron chi connectivity index (χ1n) is 6.66. The van der Waals surface area contributed by atoms with Crippen LogP contribution in [0.5, 0.6) is 0 Å². The minimum Gasteiger partial charge on any atom is -0.385 e. The molecule has 2 atom stereocenters. The van der Waals surface area contributed by atoms with E-state index in [-0.39, 0.29) is 11.7 Å². The summed E-state index contributed by atoms with van der Waals surface area (Å²) < 4.78 is 0. The lowest BCUT2D eigenvalue weighted by Crippen LogP contribution is -2.11. The van der Waals surface area contributed by atoms with Crippen molar-refractivity contribution in [3.63, 3.8) is 0 Å². The number of carbonyl (C=O) groups is 1. The molecule has 3 heteroatoms. The zero-order chi connectivity index (χ0) is 14.2. The minimum absolute atomic E-state index is 0.00335. The number of hydrogen-bond donors (Lipinski definition) is 1. The number of rotatable bonds is 4. The molecule has 2 nitrogen and oxygen atoms in total. The number of halogens is 1. The molecule has 1 fully saturated rings. The van der Waals surface area contributed by atoms with Gasteiger partial charge in [0.25, 0.3) is 0 Å². The van der Waals surface area contributed by atoms with E-state index in [1.54, 1.807) is 12.1 Å². The fourth-order valence-corrected chi connectivity index (χ4v) is 2.74. The summed E-state index contributed by atoms with van der Waals surface area (Å²) in [6.07, 6.45) is 1.01. The number of hydrogen-bond acceptors (Lipinski definition) is 2. The van der Waals surface area contributed by atoms with Crippen LogP contribution >= 0.6 is 11.6 Å². The van der Waals surface area contributed by atoms with Gasteiger partial charge in [0.2, 0.25) is 0 Å². The van der Waals surface area contributed by atoms with Crippen molar-refractivity contribution >= 4 is 17.4 Å². The Labute approximate surface area is 123 Å². The first-order valence-corrected chi connectivity index (χ1v) is 7.04. The number of ketones is 1. The molecule has 2 aromatic rings. The summed E-state index contributed by atoms with van der Waals surface area (Å²) in [5.41, 5.74) is 0.681. The van der Waals surface area contributed by atoms with E-state index in [2.05, 4.69) is 0 Å². The Kier molecular flexibility index (Phi) is 3.36. The van der Waals surface area contributed by atoms with E-state index in [4.69, 9.17) is 11.6 Å². The average Bonchev–Trinajstić information content (AvgIpc) is 3.12. The Bertz CT molecular complexity index is 621. The monoisotopic (exact) mass is 286 g/mol. The van der Waals surface area contributed by atoms with Crippen LogP contribution in [0.3, 0.4) is 0 Å². The first-order chi connectivity index (χ1) is 9.59. The molecule has 1 N–H and O–H groups in total. The molecule has 0 amide bonds. The van der Waals surface area contributed by atoms with E-state index in [0.717, 1.165) is 5.56 Å². The molecular weight excluding hydrogens is 272 g/mol. The highest BCUT2D eigenvalue weighted by Gasteiger charge is 2.54. The van der Waals surface area contributed by atoms with Crippen LogP contribution in [0.25, 0.3) is 0 Å². The molecule has 2 aromatic carbocycles. The molecule has 3 rings (SSSR count). The van der Waals surface area contributed by atoms with Crippen molar-refractivity contribution in [1.29, 1.82) is 0 Å². The van der Waals surface area contributed by atoms with E-state index in [9.17, 15) is 9.90 Å². The highest BCUT2D eigenvalue weighted by Crippen LogP contribution is 2.54. The second-order valence-electron chi connectivity index (χ2n) is 5.33. The fraction of sp³-hybridized carbons (Fsp3) is 0.235. The van der Waals surface area contributed by atoms with Crippen LogP contribution in [0, 0.1) is 5.92 Å². The molecule has 0 unspecified atom stereocenters. The van der Waals surface area contributed by atoms with Crippen LogP contribution in [0.15, 0.2) is 54.6 Å². The van der Waals surface area contributed by atoms with Gasteiger partial charge in [-0.1, -0.05) is 54.1 Å². The summed E-state index contributed by atoms with van der Waals surface area (Å²) in [6, 6.07) is 16.4. The average molecular weight is 287 g/mol. The maximum atomic E-state index is 12.1. The summed E-state index contributed by atoms with van der Waals surface area (Å²) in [4.78, 5) is 12.1. The summed E-state index contributed by atoms with van der Waals surface area (Å²) in [6.45, 7) is 0. The SMILES string of the molecule is O=C(C[C@H]1C[C@]1(O)c1ccc(Cl)cc1)c1ccccc1. The van der Waals surface area contributed by atoms with Crippen LogP contribution in [-0.2, 0) is 5.60 Å². The molecule has 0 saturated heterocycles. The first kappa shape index (κ1) is 13.3. The summed E-state index contributed by atoms with van der Waals surface area (Å²) in [5.74, 6) is 0.0804. The Balaban J connectivity index is 1.70. The standard InChI is InChI=1S/C17H15ClO2/c18-15-8-6-13(7-9-15)17(20)11-14(17)10-16(19)12-4-2-1-3-5-12/h1-9,14,20H,10-11H2/t14-,17-/m0/s1. The second kappa shape index (κ2) is 5.04. The number of benzene rings is 2. The van der Waals surface area contributed by atoms with Crippen LogP contribution in [0.1, 0.15) is 28.8 Å². The van der Waals surface area contributed by atoms with Gasteiger partial charge < -0.3 is 5.11 Å². The predicted octanol–water partition coefficient (Wildman–Crippen LogP) is 3.82. The Hall–Kier alpha value is -1.64. The van der Waals surface area contributed by atoms with Crippen LogP contribution < -0.4 is 0 Å². The fourth-order valence-electron chi connectivity index (χ4n) is 2.62. The van der Waals surface area contributed by atoms with Crippen molar-refractivity contribution in [1.82, 2.24) is 0 Å². The quantitative estimate of drug-likeness (QED) is 0.868. The zero-order valence-electron chi connectivity index (χ0n) is 10.9. The number of Topliss-reactive ketones (excluding diaryl/α,β-unsaturated/α-hetero) is 1. The normalized spacial score (nSPS) is 24.4. The van der Waals surface area contributed by atoms with Gasteiger partial charge in [0, 0.05) is 22.9 Å². The maximum Gasteiger partial charge on any atom is 0.163 e. The number of aliphatic hydroxyl groups is 1. The molecule has 1 aliphatic carbocycles. The van der Waals surface area contributed by atoms with Gasteiger partial charge in [-0.3, -0.25) is 4.79 Å². The lowest BCUT2D eigenvalue weighted by molar-refractivity contribution is 0.0921. The maximum absolute atomic E-state index is 12.1. The van der Waals surface area contributed by atoms with Gasteiger partial charge in [-0.2, -0.15) is 0 Å². The molecule has 1 aliphatic rings. The van der Waals surface area contributed by atoms with Crippen LogP contribution in [-0.4, -0.2) is 10.9 Å². The van der Waals surface area contributed by atoms with Gasteiger partial charge in [-0.05, 0) is 24.1 Å². The van der Waals surface area contributed by atoms with Crippen molar-refractivity contribution in [2.45, 2.75) is 18.4 Å². The lowest BCUT2D eigenvalue weighted by atomic mass is 10.0. The molecule has 102 valence electrons. The van der Waals surface area contributed by atoms with Crippen LogP contribution in [0.2, 0.25) is 5.02 Å². The highest BCUT2D eigenvalue weighted by atomic mass is 35.5. The second-order valence-corrected chi connectivity index (χ2v) is 5.76.